The normalized spacial score (nSPS) is 17.1. The fourth-order valence-electron chi connectivity index (χ4n) is 2.58. The van der Waals surface area contributed by atoms with Crippen LogP contribution in [0.2, 0.25) is 0 Å². The SMILES string of the molecule is COc1cc(N)ccc1OCC1OCCc2ccccc21. The number of methoxy groups -OCH3 is 1. The number of hydrogen-bond acceptors (Lipinski definition) is 4. The summed E-state index contributed by atoms with van der Waals surface area (Å²) in [6.07, 6.45) is 0.912. The van der Waals surface area contributed by atoms with E-state index in [4.69, 9.17) is 19.9 Å². The summed E-state index contributed by atoms with van der Waals surface area (Å²) < 4.78 is 17.0. The van der Waals surface area contributed by atoms with Crippen LogP contribution in [0.15, 0.2) is 42.5 Å². The van der Waals surface area contributed by atoms with Crippen molar-refractivity contribution < 1.29 is 14.2 Å². The van der Waals surface area contributed by atoms with E-state index in [2.05, 4.69) is 18.2 Å². The molecule has 1 heterocycles. The van der Waals surface area contributed by atoms with Crippen molar-refractivity contribution in [2.75, 3.05) is 26.1 Å². The first-order valence-corrected chi connectivity index (χ1v) is 7.03. The maximum absolute atomic E-state index is 5.87. The zero-order chi connectivity index (χ0) is 14.7. The van der Waals surface area contributed by atoms with Gasteiger partial charge in [0.25, 0.3) is 0 Å². The van der Waals surface area contributed by atoms with Crippen molar-refractivity contribution in [1.29, 1.82) is 0 Å². The molecule has 0 amide bonds. The number of ether oxygens (including phenoxy) is 3. The van der Waals surface area contributed by atoms with Crippen molar-refractivity contribution >= 4 is 5.69 Å². The molecule has 1 aliphatic heterocycles. The standard InChI is InChI=1S/C17H19NO3/c1-19-16-10-13(18)6-7-15(16)21-11-17-14-5-3-2-4-12(14)8-9-20-17/h2-7,10,17H,8-9,11,18H2,1H3. The van der Waals surface area contributed by atoms with E-state index in [0.29, 0.717) is 23.8 Å². The van der Waals surface area contributed by atoms with Crippen LogP contribution in [0.4, 0.5) is 5.69 Å². The molecule has 0 saturated carbocycles. The zero-order valence-electron chi connectivity index (χ0n) is 12.0. The number of nitrogen functional groups attached to an aromatic ring is 1. The Morgan fingerprint density at radius 3 is 2.90 bits per heavy atom. The van der Waals surface area contributed by atoms with Gasteiger partial charge in [0.1, 0.15) is 12.7 Å². The monoisotopic (exact) mass is 285 g/mol. The van der Waals surface area contributed by atoms with Crippen molar-refractivity contribution in [3.63, 3.8) is 0 Å². The molecule has 2 N–H and O–H groups in total. The molecular formula is C17H19NO3. The number of fused-ring (bicyclic) bond motifs is 1. The van der Waals surface area contributed by atoms with E-state index in [0.717, 1.165) is 13.0 Å². The van der Waals surface area contributed by atoms with Crippen LogP contribution in [0, 0.1) is 0 Å². The molecule has 0 saturated heterocycles. The topological polar surface area (TPSA) is 53.7 Å². The summed E-state index contributed by atoms with van der Waals surface area (Å²) in [6.45, 7) is 1.18. The molecule has 0 aliphatic carbocycles. The Bertz CT molecular complexity index is 627. The van der Waals surface area contributed by atoms with Gasteiger partial charge in [-0.25, -0.2) is 0 Å². The maximum atomic E-state index is 5.87. The fraction of sp³-hybridized carbons (Fsp3) is 0.294. The molecular weight excluding hydrogens is 266 g/mol. The summed E-state index contributed by atoms with van der Waals surface area (Å²) in [7, 11) is 1.61. The highest BCUT2D eigenvalue weighted by Gasteiger charge is 2.21. The van der Waals surface area contributed by atoms with Gasteiger partial charge in [0.2, 0.25) is 0 Å². The molecule has 110 valence electrons. The predicted molar refractivity (Wildman–Crippen MR) is 81.7 cm³/mol. The van der Waals surface area contributed by atoms with Crippen LogP contribution in [0.25, 0.3) is 0 Å². The lowest BCUT2D eigenvalue weighted by Crippen LogP contribution is -2.21. The Hall–Kier alpha value is -2.20. The van der Waals surface area contributed by atoms with Gasteiger partial charge in [0.15, 0.2) is 11.5 Å². The van der Waals surface area contributed by atoms with Gasteiger partial charge < -0.3 is 19.9 Å². The lowest BCUT2D eigenvalue weighted by molar-refractivity contribution is 0.00967. The molecule has 1 aliphatic rings. The first-order valence-electron chi connectivity index (χ1n) is 7.03. The number of benzene rings is 2. The van der Waals surface area contributed by atoms with Crippen LogP contribution in [0.1, 0.15) is 17.2 Å². The molecule has 2 aromatic rings. The second-order valence-electron chi connectivity index (χ2n) is 5.03. The van der Waals surface area contributed by atoms with Crippen LogP contribution in [0.3, 0.4) is 0 Å². The third kappa shape index (κ3) is 2.95. The van der Waals surface area contributed by atoms with Crippen molar-refractivity contribution in [2.24, 2.45) is 0 Å². The van der Waals surface area contributed by atoms with Gasteiger partial charge in [-0.1, -0.05) is 24.3 Å². The maximum Gasteiger partial charge on any atom is 0.162 e. The van der Waals surface area contributed by atoms with E-state index in [1.807, 2.05) is 12.1 Å². The van der Waals surface area contributed by atoms with Crippen molar-refractivity contribution in [1.82, 2.24) is 0 Å². The van der Waals surface area contributed by atoms with Gasteiger partial charge in [-0.3, -0.25) is 0 Å². The van der Waals surface area contributed by atoms with Gasteiger partial charge in [-0.05, 0) is 29.7 Å². The predicted octanol–water partition coefficient (Wildman–Crippen LogP) is 2.97. The van der Waals surface area contributed by atoms with E-state index >= 15 is 0 Å². The molecule has 1 atom stereocenters. The summed E-state index contributed by atoms with van der Waals surface area (Å²) in [5.41, 5.74) is 8.94. The molecule has 2 aromatic carbocycles. The Labute approximate surface area is 124 Å². The summed E-state index contributed by atoms with van der Waals surface area (Å²) in [5, 5.41) is 0. The molecule has 0 fully saturated rings. The summed E-state index contributed by atoms with van der Waals surface area (Å²) in [5.74, 6) is 1.32. The lowest BCUT2D eigenvalue weighted by Gasteiger charge is -2.26. The minimum atomic E-state index is -0.0443. The van der Waals surface area contributed by atoms with Gasteiger partial charge in [0, 0.05) is 11.8 Å². The summed E-state index contributed by atoms with van der Waals surface area (Å²) >= 11 is 0. The number of anilines is 1. The highest BCUT2D eigenvalue weighted by Crippen LogP contribution is 2.32. The van der Waals surface area contributed by atoms with Crippen molar-refractivity contribution in [3.8, 4) is 11.5 Å². The quantitative estimate of drug-likeness (QED) is 0.877. The first kappa shape index (κ1) is 13.8. The van der Waals surface area contributed by atoms with Crippen LogP contribution < -0.4 is 15.2 Å². The molecule has 3 rings (SSSR count). The lowest BCUT2D eigenvalue weighted by atomic mass is 9.98. The average Bonchev–Trinajstić information content (AvgIpc) is 2.53. The summed E-state index contributed by atoms with van der Waals surface area (Å²) in [4.78, 5) is 0. The molecule has 0 radical (unpaired) electrons. The van der Waals surface area contributed by atoms with Crippen LogP contribution in [-0.4, -0.2) is 20.3 Å². The Morgan fingerprint density at radius 1 is 1.19 bits per heavy atom. The summed E-state index contributed by atoms with van der Waals surface area (Å²) in [6, 6.07) is 13.7. The van der Waals surface area contributed by atoms with Crippen LogP contribution in [-0.2, 0) is 11.2 Å². The number of rotatable bonds is 4. The van der Waals surface area contributed by atoms with Crippen molar-refractivity contribution in [2.45, 2.75) is 12.5 Å². The average molecular weight is 285 g/mol. The molecule has 4 nitrogen and oxygen atoms in total. The van der Waals surface area contributed by atoms with Gasteiger partial charge in [-0.15, -0.1) is 0 Å². The molecule has 4 heteroatoms. The molecule has 0 aromatic heterocycles. The van der Waals surface area contributed by atoms with Gasteiger partial charge >= 0.3 is 0 Å². The second-order valence-corrected chi connectivity index (χ2v) is 5.03. The Morgan fingerprint density at radius 2 is 2.05 bits per heavy atom. The second kappa shape index (κ2) is 6.06. The van der Waals surface area contributed by atoms with E-state index < -0.39 is 0 Å². The van der Waals surface area contributed by atoms with Crippen LogP contribution in [0.5, 0.6) is 11.5 Å². The smallest absolute Gasteiger partial charge is 0.162 e. The van der Waals surface area contributed by atoms with Gasteiger partial charge in [0.05, 0.1) is 13.7 Å². The molecule has 0 spiro atoms. The minimum absolute atomic E-state index is 0.0443. The third-order valence-corrected chi connectivity index (χ3v) is 3.67. The number of hydrogen-bond donors (Lipinski definition) is 1. The highest BCUT2D eigenvalue weighted by molar-refractivity contribution is 5.52. The van der Waals surface area contributed by atoms with Crippen molar-refractivity contribution in [3.05, 3.63) is 53.6 Å². The highest BCUT2D eigenvalue weighted by atomic mass is 16.5. The van der Waals surface area contributed by atoms with E-state index in [1.165, 1.54) is 11.1 Å². The minimum Gasteiger partial charge on any atom is -0.493 e. The van der Waals surface area contributed by atoms with E-state index in [-0.39, 0.29) is 6.10 Å². The molecule has 0 bridgehead atoms. The van der Waals surface area contributed by atoms with E-state index in [9.17, 15) is 0 Å². The largest absolute Gasteiger partial charge is 0.493 e. The Balaban J connectivity index is 1.74. The van der Waals surface area contributed by atoms with Gasteiger partial charge in [-0.2, -0.15) is 0 Å². The first-order chi connectivity index (χ1) is 10.3. The zero-order valence-corrected chi connectivity index (χ0v) is 12.0. The Kier molecular flexibility index (Phi) is 3.97. The number of nitrogens with two attached hydrogens (primary N) is 1. The fourth-order valence-corrected chi connectivity index (χ4v) is 2.58. The van der Waals surface area contributed by atoms with E-state index in [1.54, 1.807) is 19.2 Å². The molecule has 1 unspecified atom stereocenters. The third-order valence-electron chi connectivity index (χ3n) is 3.67. The van der Waals surface area contributed by atoms with Crippen LogP contribution >= 0.6 is 0 Å². The molecule has 21 heavy (non-hydrogen) atoms.